The van der Waals surface area contributed by atoms with E-state index in [-0.39, 0.29) is 0 Å². The maximum Gasteiger partial charge on any atom is 0.122 e. The van der Waals surface area contributed by atoms with Crippen molar-refractivity contribution in [1.29, 1.82) is 0 Å². The first kappa shape index (κ1) is 11.6. The quantitative estimate of drug-likeness (QED) is 0.850. The van der Waals surface area contributed by atoms with Gasteiger partial charge in [0.05, 0.1) is 12.2 Å². The molecule has 3 nitrogen and oxygen atoms in total. The summed E-state index contributed by atoms with van der Waals surface area (Å²) in [6.45, 7) is 3.07. The fourth-order valence-electron chi connectivity index (χ4n) is 2.74. The lowest BCUT2D eigenvalue weighted by Gasteiger charge is -2.20. The minimum Gasteiger partial charge on any atom is -0.334 e. The van der Waals surface area contributed by atoms with Crippen LogP contribution in [0.25, 0.3) is 0 Å². The number of nitrogens with one attached hydrogen (secondary N) is 1. The molecule has 3 heteroatoms. The zero-order valence-corrected chi connectivity index (χ0v) is 10.7. The van der Waals surface area contributed by atoms with E-state index in [1.54, 1.807) is 0 Å². The monoisotopic (exact) mass is 221 g/mol. The SMILES string of the molecule is CNCc1nc(C2CCCCC2)c(C)n1C. The van der Waals surface area contributed by atoms with E-state index in [2.05, 4.69) is 23.9 Å². The number of hydrogen-bond acceptors (Lipinski definition) is 2. The Kier molecular flexibility index (Phi) is 3.64. The van der Waals surface area contributed by atoms with Gasteiger partial charge in [-0.3, -0.25) is 0 Å². The lowest BCUT2D eigenvalue weighted by molar-refractivity contribution is 0.435. The second-order valence-electron chi connectivity index (χ2n) is 4.92. The highest BCUT2D eigenvalue weighted by molar-refractivity contribution is 5.20. The van der Waals surface area contributed by atoms with E-state index in [9.17, 15) is 0 Å². The molecule has 1 N–H and O–H groups in total. The molecule has 0 aromatic carbocycles. The third-order valence-electron chi connectivity index (χ3n) is 3.84. The van der Waals surface area contributed by atoms with Crippen molar-refractivity contribution < 1.29 is 0 Å². The average molecular weight is 221 g/mol. The van der Waals surface area contributed by atoms with Crippen LogP contribution in [0.15, 0.2) is 0 Å². The van der Waals surface area contributed by atoms with Crippen LogP contribution in [-0.4, -0.2) is 16.6 Å². The average Bonchev–Trinajstić information content (AvgIpc) is 2.59. The first-order chi connectivity index (χ1) is 7.74. The minimum absolute atomic E-state index is 0.713. The Morgan fingerprint density at radius 3 is 2.62 bits per heavy atom. The molecule has 1 aliphatic rings. The van der Waals surface area contributed by atoms with Gasteiger partial charge in [-0.05, 0) is 26.8 Å². The Bertz CT molecular complexity index is 348. The van der Waals surface area contributed by atoms with Crippen molar-refractivity contribution >= 4 is 0 Å². The zero-order valence-electron chi connectivity index (χ0n) is 10.7. The van der Waals surface area contributed by atoms with Crippen LogP contribution in [0.1, 0.15) is 55.2 Å². The van der Waals surface area contributed by atoms with Crippen LogP contribution in [0, 0.1) is 6.92 Å². The molecular formula is C13H23N3. The highest BCUT2D eigenvalue weighted by atomic mass is 15.1. The van der Waals surface area contributed by atoms with Crippen molar-refractivity contribution in [3.05, 3.63) is 17.2 Å². The van der Waals surface area contributed by atoms with Crippen LogP contribution in [0.5, 0.6) is 0 Å². The van der Waals surface area contributed by atoms with Crippen LogP contribution in [0.2, 0.25) is 0 Å². The van der Waals surface area contributed by atoms with Crippen molar-refractivity contribution in [2.75, 3.05) is 7.05 Å². The van der Waals surface area contributed by atoms with Crippen molar-refractivity contribution in [2.24, 2.45) is 7.05 Å². The summed E-state index contributed by atoms with van der Waals surface area (Å²) in [6.07, 6.45) is 6.82. The van der Waals surface area contributed by atoms with Gasteiger partial charge in [0.1, 0.15) is 5.82 Å². The van der Waals surface area contributed by atoms with Crippen LogP contribution in [0.4, 0.5) is 0 Å². The van der Waals surface area contributed by atoms with Crippen LogP contribution >= 0.6 is 0 Å². The molecule has 2 rings (SSSR count). The molecule has 1 aliphatic carbocycles. The fraction of sp³-hybridized carbons (Fsp3) is 0.769. The number of imidazole rings is 1. The van der Waals surface area contributed by atoms with Crippen LogP contribution in [0.3, 0.4) is 0 Å². The smallest absolute Gasteiger partial charge is 0.122 e. The fourth-order valence-corrected chi connectivity index (χ4v) is 2.74. The van der Waals surface area contributed by atoms with Crippen molar-refractivity contribution in [1.82, 2.24) is 14.9 Å². The zero-order chi connectivity index (χ0) is 11.5. The van der Waals surface area contributed by atoms with Crippen molar-refractivity contribution in [3.63, 3.8) is 0 Å². The summed E-state index contributed by atoms with van der Waals surface area (Å²) in [6, 6.07) is 0. The van der Waals surface area contributed by atoms with Gasteiger partial charge >= 0.3 is 0 Å². The van der Waals surface area contributed by atoms with E-state index in [1.165, 1.54) is 49.3 Å². The van der Waals surface area contributed by atoms with Gasteiger partial charge in [-0.1, -0.05) is 19.3 Å². The Labute approximate surface area is 98.3 Å². The van der Waals surface area contributed by atoms with E-state index < -0.39 is 0 Å². The molecule has 90 valence electrons. The summed E-state index contributed by atoms with van der Waals surface area (Å²) in [5, 5.41) is 3.18. The molecule has 0 unspecified atom stereocenters. The molecule has 1 saturated carbocycles. The lowest BCUT2D eigenvalue weighted by Crippen LogP contribution is -2.10. The van der Waals surface area contributed by atoms with Gasteiger partial charge < -0.3 is 9.88 Å². The summed E-state index contributed by atoms with van der Waals surface area (Å²) >= 11 is 0. The Balaban J connectivity index is 2.22. The highest BCUT2D eigenvalue weighted by Gasteiger charge is 2.21. The molecule has 0 spiro atoms. The van der Waals surface area contributed by atoms with Gasteiger partial charge in [0.15, 0.2) is 0 Å². The number of nitrogens with zero attached hydrogens (tertiary/aromatic N) is 2. The maximum atomic E-state index is 4.82. The first-order valence-electron chi connectivity index (χ1n) is 6.40. The first-order valence-corrected chi connectivity index (χ1v) is 6.40. The summed E-state index contributed by atoms with van der Waals surface area (Å²) in [4.78, 5) is 4.82. The van der Waals surface area contributed by atoms with E-state index in [1.807, 2.05) is 7.05 Å². The second kappa shape index (κ2) is 5.00. The third kappa shape index (κ3) is 2.14. The van der Waals surface area contributed by atoms with Gasteiger partial charge in [0.2, 0.25) is 0 Å². The summed E-state index contributed by atoms with van der Waals surface area (Å²) in [5.41, 5.74) is 2.71. The van der Waals surface area contributed by atoms with Crippen molar-refractivity contribution in [3.8, 4) is 0 Å². The number of aromatic nitrogens is 2. The summed E-state index contributed by atoms with van der Waals surface area (Å²) in [5.74, 6) is 1.88. The molecule has 1 heterocycles. The van der Waals surface area contributed by atoms with E-state index in [0.717, 1.165) is 6.54 Å². The third-order valence-corrected chi connectivity index (χ3v) is 3.84. The standard InChI is InChI=1S/C13H23N3/c1-10-13(11-7-5-4-6-8-11)15-12(9-14-2)16(10)3/h11,14H,4-9H2,1-3H3. The Hall–Kier alpha value is -0.830. The molecule has 0 radical (unpaired) electrons. The van der Waals surface area contributed by atoms with Gasteiger partial charge in [-0.2, -0.15) is 0 Å². The van der Waals surface area contributed by atoms with E-state index in [0.29, 0.717) is 5.92 Å². The van der Waals surface area contributed by atoms with Crippen LogP contribution in [-0.2, 0) is 13.6 Å². The molecule has 16 heavy (non-hydrogen) atoms. The molecule has 0 aliphatic heterocycles. The molecule has 0 atom stereocenters. The Morgan fingerprint density at radius 1 is 1.31 bits per heavy atom. The molecule has 1 fully saturated rings. The molecule has 0 saturated heterocycles. The summed E-state index contributed by atoms with van der Waals surface area (Å²) < 4.78 is 2.24. The predicted octanol–water partition coefficient (Wildman–Crippen LogP) is 2.50. The van der Waals surface area contributed by atoms with Crippen molar-refractivity contribution in [2.45, 2.75) is 51.5 Å². The van der Waals surface area contributed by atoms with Gasteiger partial charge in [0, 0.05) is 18.7 Å². The van der Waals surface area contributed by atoms with E-state index in [4.69, 9.17) is 4.98 Å². The predicted molar refractivity (Wildman–Crippen MR) is 66.5 cm³/mol. The number of rotatable bonds is 3. The second-order valence-corrected chi connectivity index (χ2v) is 4.92. The largest absolute Gasteiger partial charge is 0.334 e. The normalized spacial score (nSPS) is 17.9. The Morgan fingerprint density at radius 2 is 2.00 bits per heavy atom. The van der Waals surface area contributed by atoms with Crippen LogP contribution < -0.4 is 5.32 Å². The number of hydrogen-bond donors (Lipinski definition) is 1. The summed E-state index contributed by atoms with van der Waals surface area (Å²) in [7, 11) is 4.10. The molecule has 0 amide bonds. The molecule has 1 aromatic rings. The molecule has 1 aromatic heterocycles. The minimum atomic E-state index is 0.713. The molecular weight excluding hydrogens is 198 g/mol. The van der Waals surface area contributed by atoms with Gasteiger partial charge in [-0.25, -0.2) is 4.98 Å². The highest BCUT2D eigenvalue weighted by Crippen LogP contribution is 2.33. The lowest BCUT2D eigenvalue weighted by atomic mass is 9.86. The maximum absolute atomic E-state index is 4.82. The topological polar surface area (TPSA) is 29.9 Å². The molecule has 0 bridgehead atoms. The van der Waals surface area contributed by atoms with Gasteiger partial charge in [-0.15, -0.1) is 0 Å². The van der Waals surface area contributed by atoms with E-state index >= 15 is 0 Å². The van der Waals surface area contributed by atoms with Gasteiger partial charge in [0.25, 0.3) is 0 Å².